The molecule has 1 saturated heterocycles. The van der Waals surface area contributed by atoms with Gasteiger partial charge in [-0.3, -0.25) is 9.69 Å². The molecule has 1 fully saturated rings. The molecule has 3 amide bonds. The Morgan fingerprint density at radius 2 is 2.00 bits per heavy atom. The van der Waals surface area contributed by atoms with E-state index in [0.717, 1.165) is 10.5 Å². The molecule has 7 nitrogen and oxygen atoms in total. The molecule has 0 unspecified atom stereocenters. The lowest BCUT2D eigenvalue weighted by molar-refractivity contribution is -0.133. The van der Waals surface area contributed by atoms with Crippen LogP contribution in [0.15, 0.2) is 53.1 Å². The summed E-state index contributed by atoms with van der Waals surface area (Å²) in [7, 11) is 0. The highest BCUT2D eigenvalue weighted by atomic mass is 16.5. The quantitative estimate of drug-likeness (QED) is 0.705. The zero-order valence-electron chi connectivity index (χ0n) is 14.6. The Labute approximate surface area is 151 Å². The molecule has 1 aromatic carbocycles. The number of nitrogens with one attached hydrogen (secondary N) is 1. The highest BCUT2D eigenvalue weighted by molar-refractivity contribution is 6.07. The van der Waals surface area contributed by atoms with Crippen molar-refractivity contribution >= 4 is 11.9 Å². The van der Waals surface area contributed by atoms with E-state index in [-0.39, 0.29) is 25.7 Å². The number of carbonyl (C=O) groups excluding carboxylic acids is 2. The second-order valence-electron chi connectivity index (χ2n) is 6.22. The van der Waals surface area contributed by atoms with Crippen LogP contribution in [0, 0.1) is 0 Å². The van der Waals surface area contributed by atoms with Crippen LogP contribution >= 0.6 is 0 Å². The lowest BCUT2D eigenvalue weighted by Crippen LogP contribution is -2.44. The molecule has 7 heteroatoms. The van der Waals surface area contributed by atoms with Crippen LogP contribution in [0.4, 0.5) is 4.79 Å². The van der Waals surface area contributed by atoms with Gasteiger partial charge in [-0.15, -0.1) is 0 Å². The van der Waals surface area contributed by atoms with Gasteiger partial charge in [0, 0.05) is 0 Å². The van der Waals surface area contributed by atoms with Crippen molar-refractivity contribution in [2.45, 2.75) is 31.6 Å². The molecule has 1 aliphatic rings. The minimum absolute atomic E-state index is 0.0117. The van der Waals surface area contributed by atoms with Crippen LogP contribution in [0.25, 0.3) is 0 Å². The largest absolute Gasteiger partial charge is 0.467 e. The van der Waals surface area contributed by atoms with Gasteiger partial charge >= 0.3 is 6.03 Å². The summed E-state index contributed by atoms with van der Waals surface area (Å²) in [5.41, 5.74) is -0.362. The molecule has 0 bridgehead atoms. The van der Waals surface area contributed by atoms with Gasteiger partial charge in [0.2, 0.25) is 0 Å². The summed E-state index contributed by atoms with van der Waals surface area (Å²) in [6, 6.07) is 12.1. The predicted molar refractivity (Wildman–Crippen MR) is 93.0 cm³/mol. The van der Waals surface area contributed by atoms with Crippen LogP contribution in [0.1, 0.15) is 24.7 Å². The summed E-state index contributed by atoms with van der Waals surface area (Å²) >= 11 is 0. The maximum atomic E-state index is 12.9. The number of furan rings is 1. The number of benzene rings is 1. The first-order valence-electron chi connectivity index (χ1n) is 8.54. The van der Waals surface area contributed by atoms with E-state index in [0.29, 0.717) is 12.2 Å². The summed E-state index contributed by atoms with van der Waals surface area (Å²) in [5, 5.41) is 12.9. The van der Waals surface area contributed by atoms with E-state index in [1.54, 1.807) is 12.1 Å². The molecule has 2 aromatic rings. The fourth-order valence-electron chi connectivity index (χ4n) is 3.11. The lowest BCUT2D eigenvalue weighted by atomic mass is 9.87. The summed E-state index contributed by atoms with van der Waals surface area (Å²) < 4.78 is 10.5. The lowest BCUT2D eigenvalue weighted by Gasteiger charge is -2.26. The van der Waals surface area contributed by atoms with Crippen molar-refractivity contribution in [3.8, 4) is 0 Å². The average Bonchev–Trinajstić information content (AvgIpc) is 3.25. The van der Waals surface area contributed by atoms with Crippen LogP contribution in [0.3, 0.4) is 0 Å². The molecule has 0 saturated carbocycles. The zero-order chi connectivity index (χ0) is 18.6. The molecule has 1 aromatic heterocycles. The number of hydrogen-bond donors (Lipinski definition) is 2. The van der Waals surface area contributed by atoms with E-state index in [2.05, 4.69) is 5.32 Å². The number of aliphatic hydroxyl groups excluding tert-OH is 1. The molecule has 0 radical (unpaired) electrons. The minimum Gasteiger partial charge on any atom is -0.467 e. The predicted octanol–water partition coefficient (Wildman–Crippen LogP) is 2.01. The average molecular weight is 358 g/mol. The van der Waals surface area contributed by atoms with Crippen LogP contribution in [-0.2, 0) is 21.7 Å². The fourth-order valence-corrected chi connectivity index (χ4v) is 3.11. The van der Waals surface area contributed by atoms with Gasteiger partial charge in [0.1, 0.15) is 17.9 Å². The Balaban J connectivity index is 1.63. The van der Waals surface area contributed by atoms with Gasteiger partial charge in [-0.1, -0.05) is 37.3 Å². The normalized spacial score (nSPS) is 21.1. The van der Waals surface area contributed by atoms with Gasteiger partial charge in [-0.25, -0.2) is 4.79 Å². The van der Waals surface area contributed by atoms with E-state index in [1.807, 2.05) is 37.3 Å². The van der Waals surface area contributed by atoms with Crippen LogP contribution in [-0.4, -0.2) is 41.2 Å². The molecular weight excluding hydrogens is 336 g/mol. The molecule has 2 heterocycles. The van der Waals surface area contributed by atoms with Crippen LogP contribution in [0.5, 0.6) is 0 Å². The second kappa shape index (κ2) is 7.72. The van der Waals surface area contributed by atoms with Gasteiger partial charge in [0.15, 0.2) is 0 Å². The van der Waals surface area contributed by atoms with Gasteiger partial charge in [-0.2, -0.15) is 0 Å². The summed E-state index contributed by atoms with van der Waals surface area (Å²) in [4.78, 5) is 26.3. The Kier molecular flexibility index (Phi) is 5.39. The van der Waals surface area contributed by atoms with Crippen molar-refractivity contribution in [2.24, 2.45) is 0 Å². The number of nitrogens with zero attached hydrogens (tertiary/aromatic N) is 1. The molecule has 3 rings (SSSR count). The number of hydrogen-bond acceptors (Lipinski definition) is 5. The number of aliphatic hydroxyl groups is 1. The first kappa shape index (κ1) is 18.2. The molecule has 0 spiro atoms. The topological polar surface area (TPSA) is 92.0 Å². The van der Waals surface area contributed by atoms with E-state index in [1.165, 1.54) is 6.26 Å². The van der Waals surface area contributed by atoms with Gasteiger partial charge < -0.3 is 19.6 Å². The Hall–Kier alpha value is -2.64. The minimum atomic E-state index is -1.09. The SMILES string of the molecule is CC[C@@]1(c2ccccc2)NC(=O)N(C[C@@H](O)COCc2ccco2)C1=O. The summed E-state index contributed by atoms with van der Waals surface area (Å²) in [5.74, 6) is 0.280. The van der Waals surface area contributed by atoms with Crippen molar-refractivity contribution in [3.05, 3.63) is 60.1 Å². The summed E-state index contributed by atoms with van der Waals surface area (Å²) in [6.07, 6.45) is 0.975. The third-order valence-electron chi connectivity index (χ3n) is 4.50. The third kappa shape index (κ3) is 3.49. The molecule has 26 heavy (non-hydrogen) atoms. The zero-order valence-corrected chi connectivity index (χ0v) is 14.6. The van der Waals surface area contributed by atoms with Crippen LogP contribution in [0.2, 0.25) is 0 Å². The third-order valence-corrected chi connectivity index (χ3v) is 4.50. The first-order valence-corrected chi connectivity index (χ1v) is 8.54. The van der Waals surface area contributed by atoms with E-state index in [9.17, 15) is 14.7 Å². The highest BCUT2D eigenvalue weighted by Gasteiger charge is 2.51. The molecule has 0 aliphatic carbocycles. The standard InChI is InChI=1S/C19H22N2O5/c1-2-19(14-7-4-3-5-8-14)17(23)21(18(24)20-19)11-15(22)12-25-13-16-9-6-10-26-16/h3-10,15,22H,2,11-13H2,1H3,(H,20,24)/t15-,19+/m1/s1. The number of carbonyl (C=O) groups is 2. The number of amides is 3. The first-order chi connectivity index (χ1) is 12.6. The van der Waals surface area contributed by atoms with Crippen molar-refractivity contribution in [1.29, 1.82) is 0 Å². The number of urea groups is 1. The summed E-state index contributed by atoms with van der Waals surface area (Å²) in [6.45, 7) is 1.92. The molecule has 2 N–H and O–H groups in total. The number of ether oxygens (including phenoxy) is 1. The van der Waals surface area contributed by atoms with Crippen molar-refractivity contribution in [2.75, 3.05) is 13.2 Å². The second-order valence-corrected chi connectivity index (χ2v) is 6.22. The fraction of sp³-hybridized carbons (Fsp3) is 0.368. The smallest absolute Gasteiger partial charge is 0.325 e. The molecule has 2 atom stereocenters. The number of β-amino-alcohol motifs (C(OH)–C–C–N with tert-alkyl or cyclic N) is 1. The van der Waals surface area contributed by atoms with Crippen molar-refractivity contribution < 1.29 is 23.8 Å². The van der Waals surface area contributed by atoms with Crippen molar-refractivity contribution in [3.63, 3.8) is 0 Å². The molecule has 138 valence electrons. The van der Waals surface area contributed by atoms with E-state index < -0.39 is 17.7 Å². The van der Waals surface area contributed by atoms with Gasteiger partial charge in [-0.05, 0) is 24.1 Å². The van der Waals surface area contributed by atoms with Crippen LogP contribution < -0.4 is 5.32 Å². The Morgan fingerprint density at radius 1 is 1.23 bits per heavy atom. The maximum Gasteiger partial charge on any atom is 0.325 e. The van der Waals surface area contributed by atoms with Crippen molar-refractivity contribution in [1.82, 2.24) is 10.2 Å². The highest BCUT2D eigenvalue weighted by Crippen LogP contribution is 2.32. The van der Waals surface area contributed by atoms with E-state index >= 15 is 0 Å². The number of rotatable bonds is 8. The number of imide groups is 1. The Morgan fingerprint density at radius 3 is 2.65 bits per heavy atom. The monoisotopic (exact) mass is 358 g/mol. The maximum absolute atomic E-state index is 12.9. The van der Waals surface area contributed by atoms with Gasteiger partial charge in [0.05, 0.1) is 25.5 Å². The Bertz CT molecular complexity index is 747. The van der Waals surface area contributed by atoms with E-state index in [4.69, 9.17) is 9.15 Å². The molecular formula is C19H22N2O5. The van der Waals surface area contributed by atoms with Gasteiger partial charge in [0.25, 0.3) is 5.91 Å². The molecule has 1 aliphatic heterocycles.